The lowest BCUT2D eigenvalue weighted by Gasteiger charge is -1.79. The summed E-state index contributed by atoms with van der Waals surface area (Å²) in [6.45, 7) is 4.22. The highest BCUT2D eigenvalue weighted by Gasteiger charge is 1.88. The van der Waals surface area contributed by atoms with Crippen LogP contribution in [0.4, 0.5) is 0 Å². The summed E-state index contributed by atoms with van der Waals surface area (Å²) in [5.74, 6) is 0. The Morgan fingerprint density at radius 1 is 1.75 bits per heavy atom. The maximum atomic E-state index is 3.12. The van der Waals surface area contributed by atoms with Gasteiger partial charge in [-0.15, -0.1) is 0 Å². The molecule has 0 amide bonds. The van der Waals surface area contributed by atoms with Gasteiger partial charge in [0.1, 0.15) is 0 Å². The van der Waals surface area contributed by atoms with E-state index in [1.165, 1.54) is 11.3 Å². The number of H-pyrrole nitrogens is 1. The van der Waals surface area contributed by atoms with Crippen LogP contribution in [0, 0.1) is 6.92 Å². The Labute approximate surface area is 51.2 Å². The molecule has 0 aromatic carbocycles. The van der Waals surface area contributed by atoms with Crippen LogP contribution in [0.15, 0.2) is 12.3 Å². The molecule has 0 atom stereocenters. The average molecular weight is 111 g/mol. The van der Waals surface area contributed by atoms with E-state index in [2.05, 4.69) is 31.1 Å². The number of aromatic amines is 1. The molecule has 0 bridgehead atoms. The van der Waals surface area contributed by atoms with Crippen molar-refractivity contribution in [2.75, 3.05) is 0 Å². The molecule has 1 aromatic rings. The molecule has 1 aromatic heterocycles. The lowest BCUT2D eigenvalue weighted by molar-refractivity contribution is 1.14. The normalized spacial score (nSPS) is 9.75. The van der Waals surface area contributed by atoms with Crippen LogP contribution in [0.1, 0.15) is 19.6 Å². The third-order valence-electron chi connectivity index (χ3n) is 1.30. The summed E-state index contributed by atoms with van der Waals surface area (Å²) in [5, 5.41) is 0. The van der Waals surface area contributed by atoms with Crippen molar-refractivity contribution in [3.05, 3.63) is 23.5 Å². The average Bonchev–Trinajstić information content (AvgIpc) is 2.14. The molecule has 0 aliphatic carbocycles. The standard InChI is InChI=1S/C7H11N.H2/c1-3-7-4-6(2)8-5-7;/h4-5,8H,3H2,1-2H3;1H. The number of aryl methyl sites for hydroxylation is 2. The molecule has 1 N–H and O–H groups in total. The summed E-state index contributed by atoms with van der Waals surface area (Å²) >= 11 is 0. The second-order valence-corrected chi connectivity index (χ2v) is 2.04. The monoisotopic (exact) mass is 111 g/mol. The molecule has 1 rings (SSSR count). The van der Waals surface area contributed by atoms with Gasteiger partial charge in [0.25, 0.3) is 0 Å². The van der Waals surface area contributed by atoms with Crippen LogP contribution in [0.3, 0.4) is 0 Å². The van der Waals surface area contributed by atoms with Gasteiger partial charge in [0.15, 0.2) is 0 Å². The van der Waals surface area contributed by atoms with Crippen molar-refractivity contribution in [1.82, 2.24) is 4.98 Å². The van der Waals surface area contributed by atoms with E-state index < -0.39 is 0 Å². The predicted octanol–water partition coefficient (Wildman–Crippen LogP) is 2.13. The zero-order valence-electron chi connectivity index (χ0n) is 5.36. The van der Waals surface area contributed by atoms with Crippen LogP contribution in [0.2, 0.25) is 0 Å². The van der Waals surface area contributed by atoms with Crippen molar-refractivity contribution in [3.8, 4) is 0 Å². The van der Waals surface area contributed by atoms with Crippen molar-refractivity contribution in [3.63, 3.8) is 0 Å². The molecule has 1 heterocycles. The summed E-state index contributed by atoms with van der Waals surface area (Å²) in [6.07, 6.45) is 3.18. The van der Waals surface area contributed by atoms with E-state index in [-0.39, 0.29) is 1.43 Å². The molecule has 0 unspecified atom stereocenters. The van der Waals surface area contributed by atoms with Crippen molar-refractivity contribution in [2.24, 2.45) is 0 Å². The van der Waals surface area contributed by atoms with Crippen molar-refractivity contribution in [1.29, 1.82) is 0 Å². The Morgan fingerprint density at radius 3 is 2.75 bits per heavy atom. The summed E-state index contributed by atoms with van der Waals surface area (Å²) in [5.41, 5.74) is 2.64. The Bertz CT molecular complexity index is 169. The molecule has 46 valence electrons. The van der Waals surface area contributed by atoms with E-state index in [0.29, 0.717) is 0 Å². The lowest BCUT2D eigenvalue weighted by Crippen LogP contribution is -1.67. The quantitative estimate of drug-likeness (QED) is 0.571. The van der Waals surface area contributed by atoms with Crippen LogP contribution in [0.25, 0.3) is 0 Å². The SMILES string of the molecule is CCc1c[nH]c(C)c1.[HH]. The molecule has 0 aliphatic rings. The van der Waals surface area contributed by atoms with Gasteiger partial charge in [0.2, 0.25) is 0 Å². The van der Waals surface area contributed by atoms with Gasteiger partial charge >= 0.3 is 0 Å². The lowest BCUT2D eigenvalue weighted by atomic mass is 10.2. The Hall–Kier alpha value is -0.720. The van der Waals surface area contributed by atoms with E-state index in [4.69, 9.17) is 0 Å². The number of aromatic nitrogens is 1. The first kappa shape index (κ1) is 5.42. The first-order valence-corrected chi connectivity index (χ1v) is 2.97. The van der Waals surface area contributed by atoms with Crippen LogP contribution in [-0.2, 0) is 6.42 Å². The van der Waals surface area contributed by atoms with Crippen LogP contribution in [-0.4, -0.2) is 4.98 Å². The largest absolute Gasteiger partial charge is 0.365 e. The molecule has 0 saturated carbocycles. The van der Waals surface area contributed by atoms with Crippen molar-refractivity contribution >= 4 is 0 Å². The third kappa shape index (κ3) is 0.915. The number of rotatable bonds is 1. The minimum atomic E-state index is 0. The van der Waals surface area contributed by atoms with E-state index in [0.717, 1.165) is 6.42 Å². The van der Waals surface area contributed by atoms with Gasteiger partial charge in [-0.2, -0.15) is 0 Å². The van der Waals surface area contributed by atoms with Gasteiger partial charge in [0.05, 0.1) is 0 Å². The van der Waals surface area contributed by atoms with Gasteiger partial charge in [-0.25, -0.2) is 0 Å². The highest BCUT2D eigenvalue weighted by molar-refractivity contribution is 5.14. The molecule has 0 aliphatic heterocycles. The predicted molar refractivity (Wildman–Crippen MR) is 37.0 cm³/mol. The van der Waals surface area contributed by atoms with E-state index in [9.17, 15) is 0 Å². The van der Waals surface area contributed by atoms with E-state index in [1.807, 2.05) is 0 Å². The van der Waals surface area contributed by atoms with Crippen molar-refractivity contribution in [2.45, 2.75) is 20.3 Å². The van der Waals surface area contributed by atoms with Crippen LogP contribution in [0.5, 0.6) is 0 Å². The van der Waals surface area contributed by atoms with Gasteiger partial charge in [-0.1, -0.05) is 6.92 Å². The summed E-state index contributed by atoms with van der Waals surface area (Å²) < 4.78 is 0. The minimum absolute atomic E-state index is 0. The Balaban J connectivity index is 0.000000640. The highest BCUT2D eigenvalue weighted by atomic mass is 14.7. The fourth-order valence-corrected chi connectivity index (χ4v) is 0.772. The van der Waals surface area contributed by atoms with Gasteiger partial charge in [-0.3, -0.25) is 0 Å². The zero-order valence-corrected chi connectivity index (χ0v) is 5.36. The molecule has 0 fully saturated rings. The maximum absolute atomic E-state index is 3.12. The third-order valence-corrected chi connectivity index (χ3v) is 1.30. The fraction of sp³-hybridized carbons (Fsp3) is 0.429. The maximum Gasteiger partial charge on any atom is 0.0118 e. The first-order chi connectivity index (χ1) is 3.83. The molecule has 0 radical (unpaired) electrons. The second-order valence-electron chi connectivity index (χ2n) is 2.04. The Kier molecular flexibility index (Phi) is 1.38. The molecule has 8 heavy (non-hydrogen) atoms. The molecule has 0 spiro atoms. The van der Waals surface area contributed by atoms with Gasteiger partial charge < -0.3 is 4.98 Å². The molecule has 1 nitrogen and oxygen atoms in total. The van der Waals surface area contributed by atoms with E-state index in [1.54, 1.807) is 0 Å². The topological polar surface area (TPSA) is 15.8 Å². The number of hydrogen-bond donors (Lipinski definition) is 1. The van der Waals surface area contributed by atoms with Crippen molar-refractivity contribution < 1.29 is 1.43 Å². The summed E-state index contributed by atoms with van der Waals surface area (Å²) in [4.78, 5) is 3.12. The smallest absolute Gasteiger partial charge is 0.0118 e. The molecule has 0 saturated heterocycles. The molecule has 1 heteroatoms. The summed E-state index contributed by atoms with van der Waals surface area (Å²) in [6, 6.07) is 2.17. The van der Waals surface area contributed by atoms with Crippen LogP contribution < -0.4 is 0 Å². The van der Waals surface area contributed by atoms with Gasteiger partial charge in [0, 0.05) is 13.3 Å². The highest BCUT2D eigenvalue weighted by Crippen LogP contribution is 2.00. The van der Waals surface area contributed by atoms with Gasteiger partial charge in [-0.05, 0) is 25.0 Å². The second kappa shape index (κ2) is 2.03. The molecular formula is C7H13N. The fourth-order valence-electron chi connectivity index (χ4n) is 0.772. The van der Waals surface area contributed by atoms with E-state index >= 15 is 0 Å². The summed E-state index contributed by atoms with van der Waals surface area (Å²) in [7, 11) is 0. The Morgan fingerprint density at radius 2 is 2.50 bits per heavy atom. The number of hydrogen-bond acceptors (Lipinski definition) is 0. The van der Waals surface area contributed by atoms with Crippen LogP contribution >= 0.6 is 0 Å². The minimum Gasteiger partial charge on any atom is -0.365 e. The number of nitrogens with one attached hydrogen (secondary N) is 1. The molecular weight excluding hydrogens is 98.1 g/mol. The zero-order chi connectivity index (χ0) is 5.98. The first-order valence-electron chi connectivity index (χ1n) is 2.97.